The van der Waals surface area contributed by atoms with Crippen LogP contribution < -0.4 is 0 Å². The Morgan fingerprint density at radius 3 is 2.55 bits per heavy atom. The van der Waals surface area contributed by atoms with Crippen LogP contribution >= 0.6 is 23.2 Å². The molecule has 0 aliphatic heterocycles. The van der Waals surface area contributed by atoms with Crippen molar-refractivity contribution in [2.75, 3.05) is 12.0 Å². The number of nitrogens with zero attached hydrogens (tertiary/aromatic N) is 3. The predicted molar refractivity (Wildman–Crippen MR) is 79.9 cm³/mol. The van der Waals surface area contributed by atoms with Crippen LogP contribution in [0.1, 0.15) is 5.82 Å². The van der Waals surface area contributed by atoms with Crippen molar-refractivity contribution < 1.29 is 8.42 Å². The molecule has 0 amide bonds. The lowest BCUT2D eigenvalue weighted by Crippen LogP contribution is -2.13. The van der Waals surface area contributed by atoms with Gasteiger partial charge in [0.2, 0.25) is 0 Å². The maximum Gasteiger partial charge on any atom is 0.158 e. The van der Waals surface area contributed by atoms with E-state index in [1.165, 1.54) is 6.26 Å². The number of sulfone groups is 1. The van der Waals surface area contributed by atoms with Gasteiger partial charge in [-0.3, -0.25) is 0 Å². The maximum absolute atomic E-state index is 11.3. The first-order chi connectivity index (χ1) is 9.26. The molecule has 8 heteroatoms. The molecule has 2 rings (SSSR count). The Balaban J connectivity index is 2.38. The van der Waals surface area contributed by atoms with E-state index in [4.69, 9.17) is 23.2 Å². The zero-order valence-electron chi connectivity index (χ0n) is 11.0. The number of hydrogen-bond donors (Lipinski definition) is 0. The highest BCUT2D eigenvalue weighted by Crippen LogP contribution is 2.27. The summed E-state index contributed by atoms with van der Waals surface area (Å²) < 4.78 is 24.1. The number of hydrogen-bond acceptors (Lipinski definition) is 4. The number of aryl methyl sites for hydroxylation is 2. The van der Waals surface area contributed by atoms with Crippen LogP contribution in [0.2, 0.25) is 10.0 Å². The highest BCUT2D eigenvalue weighted by Gasteiger charge is 2.13. The summed E-state index contributed by atoms with van der Waals surface area (Å²) >= 11 is 11.9. The third-order valence-corrected chi connectivity index (χ3v) is 4.29. The molecule has 0 saturated heterocycles. The van der Waals surface area contributed by atoms with E-state index in [-0.39, 0.29) is 12.3 Å². The second-order valence-electron chi connectivity index (χ2n) is 4.46. The first-order valence-corrected chi connectivity index (χ1v) is 8.62. The fourth-order valence-corrected chi connectivity index (χ4v) is 2.52. The maximum atomic E-state index is 11.3. The van der Waals surface area contributed by atoms with E-state index in [9.17, 15) is 8.42 Å². The second-order valence-corrected chi connectivity index (χ2v) is 7.54. The Kier molecular flexibility index (Phi) is 4.36. The molecule has 0 bridgehead atoms. The zero-order chi connectivity index (χ0) is 14.9. The minimum Gasteiger partial charge on any atom is -0.245 e. The van der Waals surface area contributed by atoms with Gasteiger partial charge in [0.1, 0.15) is 15.7 Å². The average Bonchev–Trinajstić information content (AvgIpc) is 2.71. The summed E-state index contributed by atoms with van der Waals surface area (Å²) in [4.78, 5) is 4.31. The molecule has 0 fully saturated rings. The number of benzene rings is 1. The van der Waals surface area contributed by atoms with Gasteiger partial charge in [0.25, 0.3) is 0 Å². The van der Waals surface area contributed by atoms with Gasteiger partial charge in [0.05, 0.1) is 22.3 Å². The molecule has 1 aromatic carbocycles. The number of rotatable bonds is 4. The molecule has 0 unspecified atom stereocenters. The standard InChI is InChI=1S/C12H13Cl2N3O2S/c1-8-15-12(9-3-4-10(13)11(14)7-9)17(16-8)5-6-20(2,18)19/h3-4,7H,5-6H2,1-2H3. The summed E-state index contributed by atoms with van der Waals surface area (Å²) in [7, 11) is -3.06. The molecule has 1 aromatic heterocycles. The van der Waals surface area contributed by atoms with Crippen molar-refractivity contribution >= 4 is 33.0 Å². The average molecular weight is 334 g/mol. The molecule has 0 saturated carbocycles. The minimum absolute atomic E-state index is 0.00409. The Bertz CT molecular complexity index is 741. The van der Waals surface area contributed by atoms with Crippen LogP contribution in [0.15, 0.2) is 18.2 Å². The molecule has 0 spiro atoms. The van der Waals surface area contributed by atoms with Gasteiger partial charge in [-0.05, 0) is 25.1 Å². The molecule has 5 nitrogen and oxygen atoms in total. The van der Waals surface area contributed by atoms with E-state index in [2.05, 4.69) is 10.1 Å². The summed E-state index contributed by atoms with van der Waals surface area (Å²) in [6.07, 6.45) is 1.19. The van der Waals surface area contributed by atoms with Crippen molar-refractivity contribution in [2.24, 2.45) is 0 Å². The van der Waals surface area contributed by atoms with E-state index in [0.29, 0.717) is 21.7 Å². The first-order valence-electron chi connectivity index (χ1n) is 5.81. The molecule has 0 atom stereocenters. The van der Waals surface area contributed by atoms with Gasteiger partial charge in [0, 0.05) is 11.8 Å². The smallest absolute Gasteiger partial charge is 0.158 e. The number of halogens is 2. The third-order valence-electron chi connectivity index (χ3n) is 2.63. The van der Waals surface area contributed by atoms with Gasteiger partial charge in [-0.2, -0.15) is 5.10 Å². The van der Waals surface area contributed by atoms with Crippen molar-refractivity contribution in [3.05, 3.63) is 34.1 Å². The highest BCUT2D eigenvalue weighted by atomic mass is 35.5. The van der Waals surface area contributed by atoms with Crippen LogP contribution in [0.4, 0.5) is 0 Å². The second kappa shape index (κ2) is 5.71. The summed E-state index contributed by atoms with van der Waals surface area (Å²) in [6, 6.07) is 5.13. The lowest BCUT2D eigenvalue weighted by atomic mass is 10.2. The van der Waals surface area contributed by atoms with Crippen molar-refractivity contribution in [3.8, 4) is 11.4 Å². The van der Waals surface area contributed by atoms with E-state index in [1.54, 1.807) is 29.8 Å². The van der Waals surface area contributed by atoms with Gasteiger partial charge in [-0.1, -0.05) is 23.2 Å². The molecule has 0 aliphatic carbocycles. The summed E-state index contributed by atoms with van der Waals surface area (Å²) in [5, 5.41) is 5.08. The third kappa shape index (κ3) is 3.71. The van der Waals surface area contributed by atoms with Crippen LogP contribution in [0.5, 0.6) is 0 Å². The van der Waals surface area contributed by atoms with Gasteiger partial charge in [-0.15, -0.1) is 0 Å². The van der Waals surface area contributed by atoms with Crippen molar-refractivity contribution in [1.29, 1.82) is 0 Å². The molecular formula is C12H13Cl2N3O2S. The molecule has 108 valence electrons. The van der Waals surface area contributed by atoms with E-state index >= 15 is 0 Å². The van der Waals surface area contributed by atoms with Gasteiger partial charge in [0.15, 0.2) is 5.82 Å². The Morgan fingerprint density at radius 1 is 1.25 bits per heavy atom. The predicted octanol–water partition coefficient (Wildman–Crippen LogP) is 2.60. The monoisotopic (exact) mass is 333 g/mol. The van der Waals surface area contributed by atoms with Crippen molar-refractivity contribution in [1.82, 2.24) is 14.8 Å². The number of aromatic nitrogens is 3. The minimum atomic E-state index is -3.06. The Morgan fingerprint density at radius 2 is 1.95 bits per heavy atom. The fourth-order valence-electron chi connectivity index (χ4n) is 1.71. The van der Waals surface area contributed by atoms with Crippen molar-refractivity contribution in [2.45, 2.75) is 13.5 Å². The van der Waals surface area contributed by atoms with Crippen LogP contribution in [-0.2, 0) is 16.4 Å². The van der Waals surface area contributed by atoms with Gasteiger partial charge in [-0.25, -0.2) is 18.1 Å². The van der Waals surface area contributed by atoms with E-state index < -0.39 is 9.84 Å². The topological polar surface area (TPSA) is 64.8 Å². The van der Waals surface area contributed by atoms with E-state index in [0.717, 1.165) is 5.56 Å². The van der Waals surface area contributed by atoms with Crippen LogP contribution in [0.3, 0.4) is 0 Å². The normalized spacial score (nSPS) is 11.8. The summed E-state index contributed by atoms with van der Waals surface area (Å²) in [5.41, 5.74) is 0.744. The summed E-state index contributed by atoms with van der Waals surface area (Å²) in [6.45, 7) is 1.99. The van der Waals surface area contributed by atoms with E-state index in [1.807, 2.05) is 0 Å². The summed E-state index contributed by atoms with van der Waals surface area (Å²) in [5.74, 6) is 1.15. The zero-order valence-corrected chi connectivity index (χ0v) is 13.3. The molecule has 2 aromatic rings. The first kappa shape index (κ1) is 15.3. The lowest BCUT2D eigenvalue weighted by molar-refractivity contribution is 0.586. The van der Waals surface area contributed by atoms with Gasteiger partial charge < -0.3 is 0 Å². The Labute approximate surface area is 127 Å². The quantitative estimate of drug-likeness (QED) is 0.862. The van der Waals surface area contributed by atoms with Gasteiger partial charge >= 0.3 is 0 Å². The Hall–Kier alpha value is -1.11. The molecule has 1 heterocycles. The lowest BCUT2D eigenvalue weighted by Gasteiger charge is -2.06. The van der Waals surface area contributed by atoms with Crippen LogP contribution in [0.25, 0.3) is 11.4 Å². The molecule has 20 heavy (non-hydrogen) atoms. The van der Waals surface area contributed by atoms with Crippen LogP contribution in [-0.4, -0.2) is 35.2 Å². The highest BCUT2D eigenvalue weighted by molar-refractivity contribution is 7.90. The largest absolute Gasteiger partial charge is 0.245 e. The van der Waals surface area contributed by atoms with Crippen LogP contribution in [0, 0.1) is 6.92 Å². The fraction of sp³-hybridized carbons (Fsp3) is 0.333. The SMILES string of the molecule is Cc1nc(-c2ccc(Cl)c(Cl)c2)n(CCS(C)(=O)=O)n1. The molecule has 0 aliphatic rings. The molecule has 0 N–H and O–H groups in total. The molecular weight excluding hydrogens is 321 g/mol. The van der Waals surface area contributed by atoms with Crippen molar-refractivity contribution in [3.63, 3.8) is 0 Å². The molecule has 0 radical (unpaired) electrons.